The van der Waals surface area contributed by atoms with Crippen molar-refractivity contribution in [2.24, 2.45) is 7.05 Å². The fourth-order valence-corrected chi connectivity index (χ4v) is 2.64. The molecular formula is C18H20N4O5. The molecular weight excluding hydrogens is 352 g/mol. The minimum Gasteiger partial charge on any atom is -0.505 e. The molecule has 0 radical (unpaired) electrons. The molecule has 0 aliphatic carbocycles. The number of ether oxygens (including phenoxy) is 1. The van der Waals surface area contributed by atoms with E-state index in [1.807, 2.05) is 0 Å². The lowest BCUT2D eigenvalue weighted by Gasteiger charge is -2.19. The Morgan fingerprint density at radius 2 is 2.00 bits per heavy atom. The standard InChI is InChI=1S/C18H20N4O5/c1-18(2,3)27-17(26)19-9-7-12(22(4)8-9)15-20-11-6-5-10(16(24)25)14(23)13(11)21-15/h5-8,23H,1-4H3,(H,19,26)(H,20,21)(H,24,25). The lowest BCUT2D eigenvalue weighted by Crippen LogP contribution is -2.27. The van der Waals surface area contributed by atoms with Gasteiger partial charge in [0.15, 0.2) is 11.6 Å². The van der Waals surface area contributed by atoms with Gasteiger partial charge in [-0.2, -0.15) is 0 Å². The fraction of sp³-hybridized carbons (Fsp3) is 0.278. The van der Waals surface area contributed by atoms with Crippen molar-refractivity contribution in [3.8, 4) is 17.3 Å². The number of phenols is 1. The van der Waals surface area contributed by atoms with Crippen molar-refractivity contribution in [1.82, 2.24) is 14.5 Å². The number of nitrogens with zero attached hydrogens (tertiary/aromatic N) is 2. The van der Waals surface area contributed by atoms with Crippen LogP contribution < -0.4 is 5.32 Å². The van der Waals surface area contributed by atoms with Crippen LogP contribution in [0.15, 0.2) is 24.4 Å². The average molecular weight is 372 g/mol. The van der Waals surface area contributed by atoms with E-state index in [4.69, 9.17) is 9.84 Å². The lowest BCUT2D eigenvalue weighted by atomic mass is 10.2. The second-order valence-electron chi connectivity index (χ2n) is 7.10. The molecule has 3 aromatic rings. The molecule has 9 nitrogen and oxygen atoms in total. The molecule has 1 amide bonds. The Morgan fingerprint density at radius 1 is 1.30 bits per heavy atom. The predicted molar refractivity (Wildman–Crippen MR) is 99.0 cm³/mol. The molecule has 2 heterocycles. The quantitative estimate of drug-likeness (QED) is 0.558. The summed E-state index contributed by atoms with van der Waals surface area (Å²) in [6, 6.07) is 4.54. The summed E-state index contributed by atoms with van der Waals surface area (Å²) in [6.07, 6.45) is 1.11. The molecule has 9 heteroatoms. The van der Waals surface area contributed by atoms with Gasteiger partial charge in [-0.25, -0.2) is 14.6 Å². The van der Waals surface area contributed by atoms with Crippen LogP contribution in [0, 0.1) is 0 Å². The van der Waals surface area contributed by atoms with E-state index in [0.29, 0.717) is 22.7 Å². The third kappa shape index (κ3) is 3.71. The highest BCUT2D eigenvalue weighted by molar-refractivity contribution is 5.98. The van der Waals surface area contributed by atoms with Crippen LogP contribution in [0.2, 0.25) is 0 Å². The summed E-state index contributed by atoms with van der Waals surface area (Å²) in [5, 5.41) is 21.9. The molecule has 0 saturated carbocycles. The summed E-state index contributed by atoms with van der Waals surface area (Å²) in [5.41, 5.74) is 0.966. The molecule has 0 bridgehead atoms. The van der Waals surface area contributed by atoms with Crippen LogP contribution in [0.5, 0.6) is 5.75 Å². The summed E-state index contributed by atoms with van der Waals surface area (Å²) in [7, 11) is 1.77. The van der Waals surface area contributed by atoms with E-state index in [2.05, 4.69) is 15.3 Å². The molecule has 0 aliphatic heterocycles. The normalized spacial score (nSPS) is 11.6. The largest absolute Gasteiger partial charge is 0.505 e. The van der Waals surface area contributed by atoms with Crippen LogP contribution in [0.25, 0.3) is 22.6 Å². The fourth-order valence-electron chi connectivity index (χ4n) is 2.64. The number of anilines is 1. The highest BCUT2D eigenvalue weighted by Gasteiger charge is 2.19. The number of aromatic amines is 1. The van der Waals surface area contributed by atoms with E-state index in [0.717, 1.165) is 0 Å². The minimum absolute atomic E-state index is 0.160. The van der Waals surface area contributed by atoms with Crippen LogP contribution >= 0.6 is 0 Å². The number of carboxylic acid groups (broad SMARTS) is 1. The molecule has 0 fully saturated rings. The second kappa shape index (κ2) is 6.35. The number of rotatable bonds is 3. The molecule has 0 spiro atoms. The van der Waals surface area contributed by atoms with E-state index in [1.165, 1.54) is 12.1 Å². The smallest absolute Gasteiger partial charge is 0.412 e. The monoisotopic (exact) mass is 372 g/mol. The van der Waals surface area contributed by atoms with Gasteiger partial charge in [-0.15, -0.1) is 0 Å². The first-order chi connectivity index (χ1) is 12.5. The van der Waals surface area contributed by atoms with Crippen molar-refractivity contribution >= 4 is 28.8 Å². The maximum Gasteiger partial charge on any atom is 0.412 e. The van der Waals surface area contributed by atoms with Gasteiger partial charge in [0.05, 0.1) is 16.9 Å². The topological polar surface area (TPSA) is 129 Å². The molecule has 3 rings (SSSR count). The number of hydrogen-bond donors (Lipinski definition) is 4. The highest BCUT2D eigenvalue weighted by Crippen LogP contribution is 2.31. The molecule has 1 aromatic carbocycles. The van der Waals surface area contributed by atoms with Crippen molar-refractivity contribution < 1.29 is 24.5 Å². The number of H-pyrrole nitrogens is 1. The number of carbonyl (C=O) groups excluding carboxylic acids is 1. The second-order valence-corrected chi connectivity index (χ2v) is 7.10. The zero-order valence-electron chi connectivity index (χ0n) is 15.3. The number of aryl methyl sites for hydroxylation is 1. The number of benzene rings is 1. The van der Waals surface area contributed by atoms with Gasteiger partial charge < -0.3 is 24.5 Å². The molecule has 0 saturated heterocycles. The maximum absolute atomic E-state index is 11.9. The van der Waals surface area contributed by atoms with Crippen LogP contribution in [-0.2, 0) is 11.8 Å². The number of nitrogens with one attached hydrogen (secondary N) is 2. The third-order valence-electron chi connectivity index (χ3n) is 3.75. The maximum atomic E-state index is 11.9. The number of aromatic nitrogens is 3. The van der Waals surface area contributed by atoms with E-state index in [-0.39, 0.29) is 11.1 Å². The van der Waals surface area contributed by atoms with Crippen molar-refractivity contribution in [2.45, 2.75) is 26.4 Å². The van der Waals surface area contributed by atoms with Crippen LogP contribution in [0.1, 0.15) is 31.1 Å². The van der Waals surface area contributed by atoms with Crippen molar-refractivity contribution in [3.05, 3.63) is 30.0 Å². The first kappa shape index (κ1) is 18.3. The molecule has 0 aliphatic rings. The first-order valence-electron chi connectivity index (χ1n) is 8.17. The van der Waals surface area contributed by atoms with Gasteiger partial charge >= 0.3 is 12.1 Å². The van der Waals surface area contributed by atoms with E-state index in [9.17, 15) is 14.7 Å². The average Bonchev–Trinajstić information content (AvgIpc) is 3.09. The first-order valence-corrected chi connectivity index (χ1v) is 8.17. The summed E-state index contributed by atoms with van der Waals surface area (Å²) in [5.74, 6) is -1.21. The summed E-state index contributed by atoms with van der Waals surface area (Å²) < 4.78 is 6.96. The number of carbonyl (C=O) groups is 2. The molecule has 4 N–H and O–H groups in total. The number of aromatic carboxylic acids is 1. The number of fused-ring (bicyclic) bond motifs is 1. The Kier molecular flexibility index (Phi) is 4.30. The Morgan fingerprint density at radius 3 is 2.63 bits per heavy atom. The predicted octanol–water partition coefficient (Wildman–Crippen LogP) is 3.32. The van der Waals surface area contributed by atoms with Crippen LogP contribution in [0.3, 0.4) is 0 Å². The zero-order valence-corrected chi connectivity index (χ0v) is 15.3. The zero-order chi connectivity index (χ0) is 19.9. The lowest BCUT2D eigenvalue weighted by molar-refractivity contribution is 0.0634. The van der Waals surface area contributed by atoms with E-state index in [1.54, 1.807) is 44.6 Å². The van der Waals surface area contributed by atoms with Gasteiger partial charge in [0, 0.05) is 13.2 Å². The Balaban J connectivity index is 1.93. The molecule has 27 heavy (non-hydrogen) atoms. The number of hydrogen-bond acceptors (Lipinski definition) is 5. The van der Waals surface area contributed by atoms with Gasteiger partial charge in [0.1, 0.15) is 16.7 Å². The van der Waals surface area contributed by atoms with Gasteiger partial charge in [0.25, 0.3) is 0 Å². The summed E-state index contributed by atoms with van der Waals surface area (Å²) in [4.78, 5) is 30.4. The summed E-state index contributed by atoms with van der Waals surface area (Å²) in [6.45, 7) is 5.32. The summed E-state index contributed by atoms with van der Waals surface area (Å²) >= 11 is 0. The third-order valence-corrected chi connectivity index (χ3v) is 3.75. The van der Waals surface area contributed by atoms with Gasteiger partial charge in [-0.3, -0.25) is 5.32 Å². The minimum atomic E-state index is -1.23. The number of aromatic hydroxyl groups is 1. The molecule has 2 aromatic heterocycles. The number of amides is 1. The van der Waals surface area contributed by atoms with Crippen molar-refractivity contribution in [3.63, 3.8) is 0 Å². The van der Waals surface area contributed by atoms with Crippen molar-refractivity contribution in [2.75, 3.05) is 5.32 Å². The molecule has 0 atom stereocenters. The van der Waals surface area contributed by atoms with E-state index < -0.39 is 23.4 Å². The van der Waals surface area contributed by atoms with Gasteiger partial charge in [-0.05, 0) is 39.0 Å². The number of carboxylic acids is 1. The Hall–Kier alpha value is -3.49. The van der Waals surface area contributed by atoms with Crippen molar-refractivity contribution in [1.29, 1.82) is 0 Å². The van der Waals surface area contributed by atoms with E-state index >= 15 is 0 Å². The van der Waals surface area contributed by atoms with Crippen LogP contribution in [-0.4, -0.2) is 42.4 Å². The Labute approximate surface area is 154 Å². The SMILES string of the molecule is Cn1cc(NC(=O)OC(C)(C)C)cc1-c1nc2c(O)c(C(=O)O)ccc2[nH]1. The Bertz CT molecular complexity index is 1040. The molecule has 142 valence electrons. The van der Waals surface area contributed by atoms with Gasteiger partial charge in [0.2, 0.25) is 0 Å². The number of imidazole rings is 1. The van der Waals surface area contributed by atoms with Gasteiger partial charge in [-0.1, -0.05) is 0 Å². The van der Waals surface area contributed by atoms with Crippen LogP contribution in [0.4, 0.5) is 10.5 Å². The molecule has 0 unspecified atom stereocenters. The highest BCUT2D eigenvalue weighted by atomic mass is 16.6.